The minimum atomic E-state index is -1.86. The molecule has 1 saturated heterocycles. The number of carbonyl (C=O) groups is 2. The third-order valence-electron chi connectivity index (χ3n) is 10.5. The van der Waals surface area contributed by atoms with Crippen LogP contribution in [0, 0.1) is 45.8 Å². The van der Waals surface area contributed by atoms with Gasteiger partial charge in [0.25, 0.3) is 0 Å². The largest absolute Gasteiger partial charge is 0.438 e. The lowest BCUT2D eigenvalue weighted by Crippen LogP contribution is -2.68. The van der Waals surface area contributed by atoms with Crippen molar-refractivity contribution in [2.75, 3.05) is 18.6 Å². The number of fused-ring (bicyclic) bond motifs is 5. The molecule has 3 fully saturated rings. The van der Waals surface area contributed by atoms with Gasteiger partial charge in [0.05, 0.1) is 23.7 Å². The Hall–Kier alpha value is -2.99. The van der Waals surface area contributed by atoms with Crippen LogP contribution in [-0.2, 0) is 19.0 Å². The SMILES string of the molecule is CC1=C[C@]23C(=O)[C@@H](C=C4COC(C)(C)O[C@H]4[C@]2(O)[C@H]1OC(=O)N(C)c1ccc(C#N)cc1)[C@H]1[C@@H](C[C@H]3C)C1(C)C. The minimum Gasteiger partial charge on any atom is -0.438 e. The summed E-state index contributed by atoms with van der Waals surface area (Å²) in [5, 5.41) is 22.2. The van der Waals surface area contributed by atoms with Crippen molar-refractivity contribution in [3.05, 3.63) is 53.1 Å². The highest BCUT2D eigenvalue weighted by Crippen LogP contribution is 2.72. The molecule has 6 rings (SSSR count). The quantitative estimate of drug-likeness (QED) is 0.533. The number of hydrogen-bond acceptors (Lipinski definition) is 7. The summed E-state index contributed by atoms with van der Waals surface area (Å²) >= 11 is 0. The van der Waals surface area contributed by atoms with Crippen LogP contribution in [-0.4, -0.2) is 54.2 Å². The van der Waals surface area contributed by atoms with E-state index in [4.69, 9.17) is 19.5 Å². The second kappa shape index (κ2) is 8.51. The van der Waals surface area contributed by atoms with E-state index in [1.54, 1.807) is 45.2 Å². The maximum absolute atomic E-state index is 14.8. The fourth-order valence-electron chi connectivity index (χ4n) is 8.34. The highest BCUT2D eigenvalue weighted by Gasteiger charge is 2.77. The Morgan fingerprint density at radius 2 is 1.88 bits per heavy atom. The van der Waals surface area contributed by atoms with Crippen LogP contribution in [0.15, 0.2) is 47.6 Å². The molecule has 2 bridgehead atoms. The molecule has 1 aromatic carbocycles. The summed E-state index contributed by atoms with van der Waals surface area (Å²) in [6.07, 6.45) is 1.97. The van der Waals surface area contributed by atoms with Crippen molar-refractivity contribution >= 4 is 17.6 Å². The van der Waals surface area contributed by atoms with Crippen LogP contribution >= 0.6 is 0 Å². The lowest BCUT2D eigenvalue weighted by molar-refractivity contribution is -0.302. The van der Waals surface area contributed by atoms with Gasteiger partial charge in [-0.1, -0.05) is 32.9 Å². The highest BCUT2D eigenvalue weighted by atomic mass is 16.7. The molecule has 1 aliphatic heterocycles. The van der Waals surface area contributed by atoms with Gasteiger partial charge >= 0.3 is 6.09 Å². The molecule has 1 spiro atoms. The summed E-state index contributed by atoms with van der Waals surface area (Å²) in [7, 11) is 1.58. The Labute approximate surface area is 235 Å². The zero-order valence-corrected chi connectivity index (χ0v) is 24.2. The van der Waals surface area contributed by atoms with E-state index < -0.39 is 35.1 Å². The van der Waals surface area contributed by atoms with E-state index in [1.165, 1.54) is 4.90 Å². The Balaban J connectivity index is 1.45. The number of aliphatic hydroxyl groups is 1. The van der Waals surface area contributed by atoms with Crippen LogP contribution < -0.4 is 4.90 Å². The Morgan fingerprint density at radius 3 is 2.52 bits per heavy atom. The Bertz CT molecular complexity index is 1390. The average Bonchev–Trinajstić information content (AvgIpc) is 3.40. The molecule has 212 valence electrons. The topological polar surface area (TPSA) is 109 Å². The van der Waals surface area contributed by atoms with Crippen LogP contribution in [0.4, 0.5) is 10.5 Å². The molecule has 1 aromatic rings. The summed E-state index contributed by atoms with van der Waals surface area (Å²) in [5.41, 5.74) is -0.763. The lowest BCUT2D eigenvalue weighted by Gasteiger charge is -2.52. The van der Waals surface area contributed by atoms with Crippen LogP contribution in [0.3, 0.4) is 0 Å². The van der Waals surface area contributed by atoms with Gasteiger partial charge in [0, 0.05) is 18.7 Å². The number of nitrogens with zero attached hydrogens (tertiary/aromatic N) is 2. The summed E-state index contributed by atoms with van der Waals surface area (Å²) < 4.78 is 18.6. The van der Waals surface area contributed by atoms with Crippen LogP contribution in [0.25, 0.3) is 0 Å². The highest BCUT2D eigenvalue weighted by molar-refractivity contribution is 5.96. The lowest BCUT2D eigenvalue weighted by atomic mass is 9.59. The first-order valence-electron chi connectivity index (χ1n) is 14.1. The molecular weight excluding hydrogens is 508 g/mol. The smallest absolute Gasteiger partial charge is 0.414 e. The van der Waals surface area contributed by atoms with Crippen molar-refractivity contribution < 1.29 is 28.9 Å². The number of ether oxygens (including phenoxy) is 3. The number of carbonyl (C=O) groups excluding carboxylic acids is 2. The van der Waals surface area contributed by atoms with E-state index in [-0.39, 0.29) is 35.6 Å². The maximum Gasteiger partial charge on any atom is 0.414 e. The molecule has 1 amide bonds. The second-order valence-electron chi connectivity index (χ2n) is 13.5. The second-order valence-corrected chi connectivity index (χ2v) is 13.5. The molecule has 2 saturated carbocycles. The predicted octanol–water partition coefficient (Wildman–Crippen LogP) is 4.77. The van der Waals surface area contributed by atoms with Gasteiger partial charge in [-0.05, 0) is 85.8 Å². The van der Waals surface area contributed by atoms with Crippen molar-refractivity contribution in [2.24, 2.45) is 34.5 Å². The summed E-state index contributed by atoms with van der Waals surface area (Å²) in [4.78, 5) is 29.7. The van der Waals surface area contributed by atoms with Crippen molar-refractivity contribution in [2.45, 2.75) is 71.6 Å². The molecule has 5 aliphatic rings. The number of Topliss-reactive ketones (excluding diaryl/α,β-unsaturated/α-hetero) is 1. The number of benzene rings is 1. The molecule has 0 aromatic heterocycles. The predicted molar refractivity (Wildman–Crippen MR) is 147 cm³/mol. The number of hydrogen-bond donors (Lipinski definition) is 1. The molecule has 4 aliphatic carbocycles. The summed E-state index contributed by atoms with van der Waals surface area (Å²) in [5.74, 6) is -1.10. The molecular formula is C32H38N2O6. The van der Waals surface area contributed by atoms with Gasteiger partial charge in [-0.15, -0.1) is 0 Å². The molecule has 8 atom stereocenters. The van der Waals surface area contributed by atoms with Crippen molar-refractivity contribution in [1.82, 2.24) is 0 Å². The third kappa shape index (κ3) is 3.47. The monoisotopic (exact) mass is 546 g/mol. The molecule has 8 heteroatoms. The third-order valence-corrected chi connectivity index (χ3v) is 10.5. The molecule has 0 radical (unpaired) electrons. The molecule has 1 heterocycles. The fourth-order valence-corrected chi connectivity index (χ4v) is 8.34. The minimum absolute atomic E-state index is 0.0217. The number of nitriles is 1. The van der Waals surface area contributed by atoms with Crippen LogP contribution in [0.5, 0.6) is 0 Å². The first-order chi connectivity index (χ1) is 18.7. The standard InChI is InChI=1S/C32H38N2O6/c1-17-14-31-18(2)12-23-24(29(23,3)4)22(25(31)35)13-20-16-38-30(5,6)40-27(20)32(31,37)26(17)39-28(36)34(7)21-10-8-19(15-33)9-11-21/h8-11,13-14,18,22-24,26-27,37H,12,16H2,1-7H3/t18-,22+,23-,24+,26+,27-,31+,32-/m1/s1. The van der Waals surface area contributed by atoms with E-state index >= 15 is 0 Å². The van der Waals surface area contributed by atoms with Crippen LogP contribution in [0.1, 0.15) is 53.5 Å². The number of amides is 1. The maximum atomic E-state index is 14.8. The summed E-state index contributed by atoms with van der Waals surface area (Å²) in [6.45, 7) is 12.1. The van der Waals surface area contributed by atoms with E-state index in [2.05, 4.69) is 19.9 Å². The zero-order chi connectivity index (χ0) is 29.0. The van der Waals surface area contributed by atoms with Crippen molar-refractivity contribution in [3.63, 3.8) is 0 Å². The number of anilines is 1. The first-order valence-corrected chi connectivity index (χ1v) is 14.1. The first kappa shape index (κ1) is 27.2. The van der Waals surface area contributed by atoms with Crippen LogP contribution in [0.2, 0.25) is 0 Å². The molecule has 0 unspecified atom stereocenters. The van der Waals surface area contributed by atoms with Crippen molar-refractivity contribution in [3.8, 4) is 6.07 Å². The van der Waals surface area contributed by atoms with Gasteiger partial charge in [-0.3, -0.25) is 9.69 Å². The van der Waals surface area contributed by atoms with E-state index in [9.17, 15) is 14.7 Å². The van der Waals surface area contributed by atoms with Gasteiger partial charge < -0.3 is 19.3 Å². The van der Waals surface area contributed by atoms with E-state index in [0.717, 1.165) is 12.0 Å². The number of ketones is 1. The fraction of sp³-hybridized carbons (Fsp3) is 0.594. The average molecular weight is 547 g/mol. The number of rotatable bonds is 2. The summed E-state index contributed by atoms with van der Waals surface area (Å²) in [6, 6.07) is 8.65. The molecule has 8 nitrogen and oxygen atoms in total. The van der Waals surface area contributed by atoms with Gasteiger partial charge in [-0.2, -0.15) is 5.26 Å². The Morgan fingerprint density at radius 1 is 1.20 bits per heavy atom. The van der Waals surface area contributed by atoms with Crippen molar-refractivity contribution in [1.29, 1.82) is 5.26 Å². The van der Waals surface area contributed by atoms with Gasteiger partial charge in [0.15, 0.2) is 23.3 Å². The Kier molecular flexibility index (Phi) is 5.79. The molecule has 40 heavy (non-hydrogen) atoms. The number of allylic oxidation sites excluding steroid dienone is 1. The van der Waals surface area contributed by atoms with E-state index in [1.807, 2.05) is 26.0 Å². The zero-order valence-electron chi connectivity index (χ0n) is 24.2. The normalized spacial score (nSPS) is 40.1. The van der Waals surface area contributed by atoms with Gasteiger partial charge in [0.2, 0.25) is 0 Å². The van der Waals surface area contributed by atoms with E-state index in [0.29, 0.717) is 22.7 Å². The van der Waals surface area contributed by atoms with Gasteiger partial charge in [0.1, 0.15) is 6.10 Å². The molecule has 1 N–H and O–H groups in total. The van der Waals surface area contributed by atoms with Gasteiger partial charge in [-0.25, -0.2) is 4.79 Å².